The van der Waals surface area contributed by atoms with Gasteiger partial charge in [-0.1, -0.05) is 27.7 Å². The minimum Gasteiger partial charge on any atom is -0.396 e. The smallest absolute Gasteiger partial charge is 0.396 e. The van der Waals surface area contributed by atoms with Crippen LogP contribution in [0.2, 0.25) is 0 Å². The van der Waals surface area contributed by atoms with Gasteiger partial charge in [-0.05, 0) is 41.8 Å². The second-order valence-electron chi connectivity index (χ2n) is 10.2. The van der Waals surface area contributed by atoms with Gasteiger partial charge in [0.15, 0.2) is 0 Å². The van der Waals surface area contributed by atoms with Gasteiger partial charge in [-0.2, -0.15) is 0 Å². The summed E-state index contributed by atoms with van der Waals surface area (Å²) in [6.45, 7) is 20.1. The summed E-state index contributed by atoms with van der Waals surface area (Å²) in [6, 6.07) is 0. The number of hydrogen-bond donors (Lipinski definition) is 2. The molecule has 0 spiro atoms. The van der Waals surface area contributed by atoms with Crippen molar-refractivity contribution < 1.29 is 42.3 Å². The number of halogens is 3. The number of carbonyl (C=O) groups is 3. The Kier molecular flexibility index (Phi) is 38.7. The summed E-state index contributed by atoms with van der Waals surface area (Å²) < 4.78 is 33.8. The van der Waals surface area contributed by atoms with Crippen molar-refractivity contribution in [3.63, 3.8) is 0 Å². The van der Waals surface area contributed by atoms with Gasteiger partial charge in [-0.25, -0.2) is 0 Å². The number of aliphatic hydroxyl groups is 2. The highest BCUT2D eigenvalue weighted by atomic mass is 19.4. The summed E-state index contributed by atoms with van der Waals surface area (Å²) in [6.07, 6.45) is 0. The molecule has 38 heavy (non-hydrogen) atoms. The third-order valence-corrected chi connectivity index (χ3v) is 3.90. The van der Waals surface area contributed by atoms with Crippen LogP contribution in [0.4, 0.5) is 12.9 Å². The van der Waals surface area contributed by atoms with Crippen LogP contribution in [-0.2, 0) is 19.1 Å². The highest BCUT2D eigenvalue weighted by molar-refractivity contribution is 6.33. The van der Waals surface area contributed by atoms with Crippen molar-refractivity contribution in [1.82, 2.24) is 14.7 Å². The molecule has 0 fully saturated rings. The molecule has 0 aliphatic carbocycles. The quantitative estimate of drug-likeness (QED) is 0.437. The number of hydrogen-bond acceptors (Lipinski definition) is 7. The molecule has 13 heteroatoms. The Bertz CT molecular complexity index is 526. The van der Waals surface area contributed by atoms with E-state index in [1.54, 1.807) is 46.9 Å². The summed E-state index contributed by atoms with van der Waals surface area (Å²) in [5.74, 6) is 0.269. The monoisotopic (exact) mass is 563 g/mol. The van der Waals surface area contributed by atoms with Crippen molar-refractivity contribution in [2.45, 2.75) is 55.4 Å². The maximum atomic E-state index is 11.2. The standard InChI is InChI=1S/C7H15NO2.C7H17NO.C6H13NO.C4H10O.CH2O.BF3/c1-7(2,5-9)6(10)8(3)4;1-7(2,6-9)5-8(3)4;1-5(2)6(8)7(3)4;1-3-5-4-2;1-2;2-1(3)4/h9H,5H2,1-4H3;9H,5-6H2,1-4H3;5H,1-4H3;3-4H2,1-2H3;1H2;. The van der Waals surface area contributed by atoms with Crippen LogP contribution in [0, 0.1) is 16.7 Å². The van der Waals surface area contributed by atoms with Crippen molar-refractivity contribution in [3.8, 4) is 0 Å². The molecule has 0 rings (SSSR count). The molecule has 0 saturated heterocycles. The maximum absolute atomic E-state index is 11.2. The maximum Gasteiger partial charge on any atom is 0.762 e. The summed E-state index contributed by atoms with van der Waals surface area (Å²) in [7, 11) is 7.25. The fourth-order valence-electron chi connectivity index (χ4n) is 2.30. The SMILES string of the molecule is C=O.CC(C)C(=O)N(C)C.CCOCC.CN(C)C(=O)C(C)(C)CO.CN(C)CC(C)(C)CO.FB(F)F. The molecule has 0 aromatic heterocycles. The lowest BCUT2D eigenvalue weighted by Gasteiger charge is -2.25. The van der Waals surface area contributed by atoms with Gasteiger partial charge in [0.25, 0.3) is 0 Å². The molecular formula is C25H57BF3N3O6. The fraction of sp³-hybridized carbons (Fsp3) is 0.880. The molecule has 0 aliphatic rings. The van der Waals surface area contributed by atoms with Crippen LogP contribution < -0.4 is 0 Å². The largest absolute Gasteiger partial charge is 0.762 e. The lowest BCUT2D eigenvalue weighted by molar-refractivity contribution is -0.139. The molecule has 0 aliphatic heterocycles. The van der Waals surface area contributed by atoms with E-state index in [-0.39, 0.29) is 36.4 Å². The van der Waals surface area contributed by atoms with Crippen LogP contribution in [0.5, 0.6) is 0 Å². The molecular weight excluding hydrogens is 506 g/mol. The second kappa shape index (κ2) is 29.9. The number of ether oxygens (including phenoxy) is 1. The Hall–Kier alpha value is -1.70. The molecule has 0 bridgehead atoms. The molecule has 232 valence electrons. The normalized spacial score (nSPS) is 9.92. The lowest BCUT2D eigenvalue weighted by Crippen LogP contribution is -2.38. The van der Waals surface area contributed by atoms with Gasteiger partial charge >= 0.3 is 7.54 Å². The first-order valence-electron chi connectivity index (χ1n) is 12.2. The topological polar surface area (TPSA) is 111 Å². The predicted octanol–water partition coefficient (Wildman–Crippen LogP) is 3.13. The third-order valence-electron chi connectivity index (χ3n) is 3.90. The van der Waals surface area contributed by atoms with Crippen molar-refractivity contribution >= 4 is 26.1 Å². The van der Waals surface area contributed by atoms with E-state index in [2.05, 4.69) is 4.90 Å². The fourth-order valence-corrected chi connectivity index (χ4v) is 2.30. The van der Waals surface area contributed by atoms with Crippen LogP contribution in [0.3, 0.4) is 0 Å². The number of carbonyl (C=O) groups excluding carboxylic acids is 3. The third kappa shape index (κ3) is 44.3. The molecule has 0 aromatic carbocycles. The predicted molar refractivity (Wildman–Crippen MR) is 151 cm³/mol. The highest BCUT2D eigenvalue weighted by Gasteiger charge is 2.27. The zero-order valence-electron chi connectivity index (χ0n) is 26.4. The van der Waals surface area contributed by atoms with E-state index in [0.29, 0.717) is 0 Å². The molecule has 0 radical (unpaired) electrons. The van der Waals surface area contributed by atoms with Crippen LogP contribution >= 0.6 is 0 Å². The van der Waals surface area contributed by atoms with Gasteiger partial charge in [0, 0.05) is 65.9 Å². The zero-order valence-corrected chi connectivity index (χ0v) is 26.4. The van der Waals surface area contributed by atoms with Gasteiger partial charge in [-0.15, -0.1) is 0 Å². The van der Waals surface area contributed by atoms with E-state index in [0.717, 1.165) is 19.8 Å². The highest BCUT2D eigenvalue weighted by Crippen LogP contribution is 2.15. The van der Waals surface area contributed by atoms with E-state index in [1.165, 1.54) is 4.90 Å². The van der Waals surface area contributed by atoms with Crippen molar-refractivity contribution in [2.75, 3.05) is 75.3 Å². The van der Waals surface area contributed by atoms with E-state index in [9.17, 15) is 22.5 Å². The van der Waals surface area contributed by atoms with Crippen LogP contribution in [0.25, 0.3) is 0 Å². The minimum absolute atomic E-state index is 0.0451. The van der Waals surface area contributed by atoms with Crippen LogP contribution in [0.1, 0.15) is 55.4 Å². The first-order valence-corrected chi connectivity index (χ1v) is 12.2. The van der Waals surface area contributed by atoms with E-state index >= 15 is 0 Å². The van der Waals surface area contributed by atoms with Crippen molar-refractivity contribution in [3.05, 3.63) is 0 Å². The Morgan fingerprint density at radius 1 is 0.842 bits per heavy atom. The van der Waals surface area contributed by atoms with Crippen LogP contribution in [0.15, 0.2) is 0 Å². The summed E-state index contributed by atoms with van der Waals surface area (Å²) in [5.41, 5.74) is -0.590. The Morgan fingerprint density at radius 3 is 1.24 bits per heavy atom. The second-order valence-corrected chi connectivity index (χ2v) is 10.2. The minimum atomic E-state index is -3.67. The summed E-state index contributed by atoms with van der Waals surface area (Å²) >= 11 is 0. The first kappa shape index (κ1) is 49.3. The number of aliphatic hydroxyl groups excluding tert-OH is 2. The van der Waals surface area contributed by atoms with Gasteiger partial charge in [0.1, 0.15) is 6.79 Å². The molecule has 2 amide bonds. The van der Waals surface area contributed by atoms with Crippen molar-refractivity contribution in [2.24, 2.45) is 16.7 Å². The van der Waals surface area contributed by atoms with Crippen LogP contribution in [-0.4, -0.2) is 126 Å². The van der Waals surface area contributed by atoms with Gasteiger partial charge in [0.05, 0.1) is 12.0 Å². The molecule has 0 atom stereocenters. The number of rotatable bonds is 8. The molecule has 0 heterocycles. The van der Waals surface area contributed by atoms with E-state index in [4.69, 9.17) is 19.7 Å². The van der Waals surface area contributed by atoms with Crippen molar-refractivity contribution in [1.29, 1.82) is 0 Å². The van der Waals surface area contributed by atoms with E-state index < -0.39 is 13.0 Å². The van der Waals surface area contributed by atoms with E-state index in [1.807, 2.05) is 62.4 Å². The lowest BCUT2D eigenvalue weighted by atomic mass is 9.93. The molecule has 0 saturated carbocycles. The number of nitrogens with zero attached hydrogens (tertiary/aromatic N) is 3. The number of amides is 2. The summed E-state index contributed by atoms with van der Waals surface area (Å²) in [5, 5.41) is 17.6. The Labute approximate surface area is 230 Å². The molecule has 0 unspecified atom stereocenters. The molecule has 0 aromatic rings. The molecule has 2 N–H and O–H groups in total. The average molecular weight is 564 g/mol. The van der Waals surface area contributed by atoms with Gasteiger partial charge in [-0.3, -0.25) is 22.5 Å². The van der Waals surface area contributed by atoms with Gasteiger partial charge < -0.3 is 34.4 Å². The zero-order chi connectivity index (χ0) is 32.3. The average Bonchev–Trinajstić information content (AvgIpc) is 2.79. The Morgan fingerprint density at radius 2 is 1.18 bits per heavy atom. The first-order chi connectivity index (χ1) is 17.1. The van der Waals surface area contributed by atoms with Gasteiger partial charge in [0.2, 0.25) is 11.8 Å². The Balaban J connectivity index is -0.0000000854. The summed E-state index contributed by atoms with van der Waals surface area (Å²) in [4.78, 5) is 35.1. The molecule has 9 nitrogen and oxygen atoms in total.